The number of hydrogen-bond donors (Lipinski definition) is 1. The summed E-state index contributed by atoms with van der Waals surface area (Å²) in [6.07, 6.45) is 5.45. The van der Waals surface area contributed by atoms with E-state index >= 15 is 0 Å². The molecule has 0 spiro atoms. The number of nitrogens with zero attached hydrogens (tertiary/aromatic N) is 2. The third-order valence-corrected chi connectivity index (χ3v) is 6.22. The fourth-order valence-corrected chi connectivity index (χ4v) is 4.86. The average molecular weight is 402 g/mol. The highest BCUT2D eigenvalue weighted by molar-refractivity contribution is 6.00. The number of ether oxygens (including phenoxy) is 1. The summed E-state index contributed by atoms with van der Waals surface area (Å²) in [5.74, 6) is 0.919. The molecule has 5 heteroatoms. The topological polar surface area (TPSA) is 58.2 Å². The molecule has 154 valence electrons. The molecule has 5 rings (SSSR count). The number of carbonyl (C=O) groups is 1. The first-order valence-electron chi connectivity index (χ1n) is 11.0. The van der Waals surface area contributed by atoms with Crippen molar-refractivity contribution < 1.29 is 9.53 Å². The second kappa shape index (κ2) is 7.98. The minimum Gasteiger partial charge on any atom is -0.494 e. The molecular formula is C25H27N3O2. The number of benzene rings is 2. The normalized spacial score (nSPS) is 18.8. The van der Waals surface area contributed by atoms with E-state index in [1.807, 2.05) is 30.3 Å². The molecule has 1 aliphatic heterocycles. The standard InChI is InChI=1S/C25H27N3O2/c1-2-15-30-20-14-8-11-18(16-20)24-21-22(17-9-4-3-5-10-17)26-27-23(21)25(29)28(24)19-12-6-7-13-19/h3-5,8-11,14,16,19,24H,2,6-7,12-13,15H2,1H3,(H,26,27). The molecule has 1 aromatic heterocycles. The number of rotatable bonds is 6. The monoisotopic (exact) mass is 401 g/mol. The largest absolute Gasteiger partial charge is 0.494 e. The summed E-state index contributed by atoms with van der Waals surface area (Å²) in [5, 5.41) is 7.63. The highest BCUT2D eigenvalue weighted by Crippen LogP contribution is 2.46. The van der Waals surface area contributed by atoms with Gasteiger partial charge in [0, 0.05) is 17.2 Å². The molecule has 1 saturated carbocycles. The molecule has 2 aromatic carbocycles. The molecule has 1 fully saturated rings. The summed E-state index contributed by atoms with van der Waals surface area (Å²) in [7, 11) is 0. The van der Waals surface area contributed by atoms with Gasteiger partial charge in [-0.15, -0.1) is 0 Å². The van der Waals surface area contributed by atoms with Crippen LogP contribution in [-0.4, -0.2) is 33.7 Å². The SMILES string of the molecule is CCCOc1cccc(C2c3c(-c4ccccc4)n[nH]c3C(=O)N2C2CCCC2)c1. The van der Waals surface area contributed by atoms with Crippen LogP contribution in [0.4, 0.5) is 0 Å². The van der Waals surface area contributed by atoms with Gasteiger partial charge in [-0.05, 0) is 37.0 Å². The number of aromatic nitrogens is 2. The zero-order chi connectivity index (χ0) is 20.5. The van der Waals surface area contributed by atoms with Gasteiger partial charge in [-0.1, -0.05) is 62.2 Å². The summed E-state index contributed by atoms with van der Waals surface area (Å²) in [6, 6.07) is 18.5. The van der Waals surface area contributed by atoms with Crippen molar-refractivity contribution in [2.75, 3.05) is 6.61 Å². The van der Waals surface area contributed by atoms with Crippen molar-refractivity contribution in [1.82, 2.24) is 15.1 Å². The van der Waals surface area contributed by atoms with Gasteiger partial charge in [-0.25, -0.2) is 0 Å². The van der Waals surface area contributed by atoms with Gasteiger partial charge in [0.1, 0.15) is 11.4 Å². The maximum atomic E-state index is 13.5. The third kappa shape index (κ3) is 3.18. The molecule has 1 N–H and O–H groups in total. The molecule has 2 aliphatic rings. The first-order valence-corrected chi connectivity index (χ1v) is 11.0. The molecule has 0 saturated heterocycles. The molecule has 1 unspecified atom stereocenters. The van der Waals surface area contributed by atoms with Gasteiger partial charge >= 0.3 is 0 Å². The molecule has 1 amide bonds. The van der Waals surface area contributed by atoms with Gasteiger partial charge in [0.25, 0.3) is 5.91 Å². The van der Waals surface area contributed by atoms with Crippen molar-refractivity contribution in [3.8, 4) is 17.0 Å². The van der Waals surface area contributed by atoms with Crippen molar-refractivity contribution in [3.05, 3.63) is 71.4 Å². The summed E-state index contributed by atoms with van der Waals surface area (Å²) in [4.78, 5) is 15.6. The number of hydrogen-bond acceptors (Lipinski definition) is 3. The van der Waals surface area contributed by atoms with Crippen molar-refractivity contribution in [2.24, 2.45) is 0 Å². The molecule has 3 aromatic rings. The quantitative estimate of drug-likeness (QED) is 0.605. The second-order valence-electron chi connectivity index (χ2n) is 8.20. The van der Waals surface area contributed by atoms with Gasteiger partial charge in [-0.3, -0.25) is 9.89 Å². The van der Waals surface area contributed by atoms with E-state index in [2.05, 4.69) is 46.3 Å². The van der Waals surface area contributed by atoms with Crippen LogP contribution in [0.1, 0.15) is 66.7 Å². The Morgan fingerprint density at radius 1 is 1.10 bits per heavy atom. The van der Waals surface area contributed by atoms with E-state index in [0.29, 0.717) is 12.3 Å². The maximum Gasteiger partial charge on any atom is 0.273 e. The van der Waals surface area contributed by atoms with Crippen LogP contribution in [0.2, 0.25) is 0 Å². The Morgan fingerprint density at radius 3 is 2.67 bits per heavy atom. The summed E-state index contributed by atoms with van der Waals surface area (Å²) in [5.41, 5.74) is 4.60. The lowest BCUT2D eigenvalue weighted by Crippen LogP contribution is -2.37. The molecule has 30 heavy (non-hydrogen) atoms. The van der Waals surface area contributed by atoms with Crippen LogP contribution in [-0.2, 0) is 0 Å². The van der Waals surface area contributed by atoms with Gasteiger partial charge in [0.15, 0.2) is 0 Å². The minimum atomic E-state index is -0.144. The minimum absolute atomic E-state index is 0.0662. The number of amides is 1. The van der Waals surface area contributed by atoms with Crippen LogP contribution in [0.3, 0.4) is 0 Å². The molecule has 1 aliphatic carbocycles. The molecular weight excluding hydrogens is 374 g/mol. The zero-order valence-electron chi connectivity index (χ0n) is 17.3. The van der Waals surface area contributed by atoms with E-state index in [0.717, 1.165) is 47.4 Å². The fraction of sp³-hybridized carbons (Fsp3) is 0.360. The Morgan fingerprint density at radius 2 is 1.90 bits per heavy atom. The molecule has 1 atom stereocenters. The molecule has 0 bridgehead atoms. The number of aromatic amines is 1. The van der Waals surface area contributed by atoms with E-state index in [9.17, 15) is 4.79 Å². The van der Waals surface area contributed by atoms with E-state index in [1.54, 1.807) is 0 Å². The lowest BCUT2D eigenvalue weighted by molar-refractivity contribution is 0.0660. The molecule has 5 nitrogen and oxygen atoms in total. The van der Waals surface area contributed by atoms with E-state index in [4.69, 9.17) is 4.74 Å². The predicted octanol–water partition coefficient (Wildman–Crippen LogP) is 5.35. The first-order chi connectivity index (χ1) is 14.8. The van der Waals surface area contributed by atoms with Gasteiger partial charge in [0.2, 0.25) is 0 Å². The summed E-state index contributed by atoms with van der Waals surface area (Å²) in [6.45, 7) is 2.79. The lowest BCUT2D eigenvalue weighted by Gasteiger charge is -2.32. The highest BCUT2D eigenvalue weighted by atomic mass is 16.5. The van der Waals surface area contributed by atoms with Gasteiger partial charge in [-0.2, -0.15) is 5.10 Å². The van der Waals surface area contributed by atoms with Crippen molar-refractivity contribution in [2.45, 2.75) is 51.1 Å². The third-order valence-electron chi connectivity index (χ3n) is 6.22. The first kappa shape index (κ1) is 18.9. The summed E-state index contributed by atoms with van der Waals surface area (Å²) >= 11 is 0. The molecule has 0 radical (unpaired) electrons. The zero-order valence-corrected chi connectivity index (χ0v) is 17.3. The Bertz CT molecular complexity index is 1040. The van der Waals surface area contributed by atoms with Crippen LogP contribution in [0.25, 0.3) is 11.3 Å². The number of fused-ring (bicyclic) bond motifs is 1. The summed E-state index contributed by atoms with van der Waals surface area (Å²) < 4.78 is 5.90. The Balaban J connectivity index is 1.63. The van der Waals surface area contributed by atoms with Gasteiger partial charge < -0.3 is 9.64 Å². The van der Waals surface area contributed by atoms with Gasteiger partial charge in [0.05, 0.1) is 18.3 Å². The van der Waals surface area contributed by atoms with Crippen molar-refractivity contribution >= 4 is 5.91 Å². The number of carbonyl (C=O) groups excluding carboxylic acids is 1. The second-order valence-corrected chi connectivity index (χ2v) is 8.20. The fourth-order valence-electron chi connectivity index (χ4n) is 4.86. The van der Waals surface area contributed by atoms with Crippen LogP contribution < -0.4 is 4.74 Å². The van der Waals surface area contributed by atoms with Crippen molar-refractivity contribution in [1.29, 1.82) is 0 Å². The molecule has 2 heterocycles. The highest BCUT2D eigenvalue weighted by Gasteiger charge is 2.45. The Hall–Kier alpha value is -3.08. The van der Waals surface area contributed by atoms with E-state index in [1.165, 1.54) is 12.8 Å². The van der Waals surface area contributed by atoms with Crippen LogP contribution in [0.5, 0.6) is 5.75 Å². The van der Waals surface area contributed by atoms with Crippen molar-refractivity contribution in [3.63, 3.8) is 0 Å². The van der Waals surface area contributed by atoms with Crippen LogP contribution in [0.15, 0.2) is 54.6 Å². The van der Waals surface area contributed by atoms with Crippen LogP contribution in [0, 0.1) is 0 Å². The predicted molar refractivity (Wildman–Crippen MR) is 117 cm³/mol. The maximum absolute atomic E-state index is 13.5. The van der Waals surface area contributed by atoms with Crippen LogP contribution >= 0.6 is 0 Å². The smallest absolute Gasteiger partial charge is 0.273 e. The van der Waals surface area contributed by atoms with E-state index < -0.39 is 0 Å². The average Bonchev–Trinajstić information content (AvgIpc) is 3.51. The number of H-pyrrole nitrogens is 1. The lowest BCUT2D eigenvalue weighted by atomic mass is 9.95. The van der Waals surface area contributed by atoms with E-state index in [-0.39, 0.29) is 18.0 Å². The Labute approximate surface area is 177 Å². The Kier molecular flexibility index (Phi) is 5.03. The number of nitrogens with one attached hydrogen (secondary N) is 1.